The third-order valence-corrected chi connectivity index (χ3v) is 4.32. The summed E-state index contributed by atoms with van der Waals surface area (Å²) in [7, 11) is 0. The molecule has 2 aromatic rings. The fraction of sp³-hybridized carbons (Fsp3) is 0.400. The standard InChI is InChI=1S/C15H18BrN3/c1-15(2)5-6-19(9-15)14-11-7-10(16)3-4-13(11)18-8-12(14)17/h3-4,7-8H,5-6,9,17H2,1-2H3. The molecule has 0 bridgehead atoms. The van der Waals surface area contributed by atoms with Gasteiger partial charge in [0.1, 0.15) is 0 Å². The lowest BCUT2D eigenvalue weighted by atomic mass is 9.93. The van der Waals surface area contributed by atoms with Crippen molar-refractivity contribution >= 4 is 38.2 Å². The normalized spacial score (nSPS) is 18.2. The van der Waals surface area contributed by atoms with Crippen LogP contribution < -0.4 is 10.6 Å². The first kappa shape index (κ1) is 12.7. The zero-order chi connectivity index (χ0) is 13.6. The van der Waals surface area contributed by atoms with Crippen molar-refractivity contribution in [2.45, 2.75) is 20.3 Å². The topological polar surface area (TPSA) is 42.1 Å². The molecule has 0 amide bonds. The molecule has 100 valence electrons. The van der Waals surface area contributed by atoms with Gasteiger partial charge in [-0.25, -0.2) is 0 Å². The van der Waals surface area contributed by atoms with Crippen molar-refractivity contribution in [1.29, 1.82) is 0 Å². The Kier molecular flexibility index (Phi) is 2.93. The highest BCUT2D eigenvalue weighted by Gasteiger charge is 2.31. The predicted octanol–water partition coefficient (Wildman–Crippen LogP) is 3.82. The van der Waals surface area contributed by atoms with Crippen LogP contribution in [0.5, 0.6) is 0 Å². The SMILES string of the molecule is CC1(C)CCN(c2c(N)cnc3ccc(Br)cc23)C1. The van der Waals surface area contributed by atoms with Crippen LogP contribution in [0, 0.1) is 5.41 Å². The van der Waals surface area contributed by atoms with E-state index in [-0.39, 0.29) is 0 Å². The predicted molar refractivity (Wildman–Crippen MR) is 84.5 cm³/mol. The second-order valence-electron chi connectivity index (χ2n) is 6.06. The van der Waals surface area contributed by atoms with E-state index in [1.807, 2.05) is 12.1 Å². The summed E-state index contributed by atoms with van der Waals surface area (Å²) in [6.45, 7) is 6.72. The number of aromatic nitrogens is 1. The van der Waals surface area contributed by atoms with Crippen molar-refractivity contribution in [2.75, 3.05) is 23.7 Å². The number of hydrogen-bond acceptors (Lipinski definition) is 3. The first-order valence-electron chi connectivity index (χ1n) is 6.55. The summed E-state index contributed by atoms with van der Waals surface area (Å²) in [5.41, 5.74) is 9.44. The van der Waals surface area contributed by atoms with E-state index in [0.29, 0.717) is 5.41 Å². The molecule has 0 unspecified atom stereocenters. The Labute approximate surface area is 121 Å². The van der Waals surface area contributed by atoms with Crippen molar-refractivity contribution in [1.82, 2.24) is 4.98 Å². The molecular weight excluding hydrogens is 302 g/mol. The van der Waals surface area contributed by atoms with Gasteiger partial charge in [-0.2, -0.15) is 0 Å². The molecule has 1 saturated heterocycles. The number of anilines is 2. The molecule has 0 atom stereocenters. The Morgan fingerprint density at radius 1 is 1.37 bits per heavy atom. The zero-order valence-corrected chi connectivity index (χ0v) is 12.9. The summed E-state index contributed by atoms with van der Waals surface area (Å²) in [6, 6.07) is 6.16. The van der Waals surface area contributed by atoms with Gasteiger partial charge in [0.15, 0.2) is 0 Å². The number of rotatable bonds is 1. The average Bonchev–Trinajstić information content (AvgIpc) is 2.69. The van der Waals surface area contributed by atoms with E-state index in [1.165, 1.54) is 6.42 Å². The van der Waals surface area contributed by atoms with Crippen molar-refractivity contribution in [3.05, 3.63) is 28.9 Å². The van der Waals surface area contributed by atoms with Gasteiger partial charge in [-0.3, -0.25) is 4.98 Å². The smallest absolute Gasteiger partial charge is 0.0745 e. The second-order valence-corrected chi connectivity index (χ2v) is 6.98. The van der Waals surface area contributed by atoms with Crippen molar-refractivity contribution in [2.24, 2.45) is 5.41 Å². The van der Waals surface area contributed by atoms with Crippen LogP contribution in [0.15, 0.2) is 28.9 Å². The molecule has 0 spiro atoms. The van der Waals surface area contributed by atoms with Gasteiger partial charge in [-0.1, -0.05) is 29.8 Å². The fourth-order valence-electron chi connectivity index (χ4n) is 2.82. The number of benzene rings is 1. The number of nitrogens with zero attached hydrogens (tertiary/aromatic N) is 2. The van der Waals surface area contributed by atoms with Crippen LogP contribution in [0.1, 0.15) is 20.3 Å². The Morgan fingerprint density at radius 2 is 2.16 bits per heavy atom. The van der Waals surface area contributed by atoms with E-state index in [9.17, 15) is 0 Å². The first-order valence-corrected chi connectivity index (χ1v) is 7.34. The molecule has 1 aromatic heterocycles. The van der Waals surface area contributed by atoms with Crippen LogP contribution in [-0.4, -0.2) is 18.1 Å². The van der Waals surface area contributed by atoms with Crippen LogP contribution >= 0.6 is 15.9 Å². The van der Waals surface area contributed by atoms with Gasteiger partial charge in [0.05, 0.1) is 23.1 Å². The third-order valence-electron chi connectivity index (χ3n) is 3.82. The highest BCUT2D eigenvalue weighted by atomic mass is 79.9. The number of halogens is 1. The van der Waals surface area contributed by atoms with Gasteiger partial charge in [-0.15, -0.1) is 0 Å². The number of fused-ring (bicyclic) bond motifs is 1. The quantitative estimate of drug-likeness (QED) is 0.869. The third kappa shape index (κ3) is 2.29. The lowest BCUT2D eigenvalue weighted by Gasteiger charge is -2.24. The molecule has 1 aliphatic heterocycles. The van der Waals surface area contributed by atoms with E-state index >= 15 is 0 Å². The highest BCUT2D eigenvalue weighted by molar-refractivity contribution is 9.10. The number of nitrogen functional groups attached to an aromatic ring is 1. The van der Waals surface area contributed by atoms with Crippen LogP contribution in [0.25, 0.3) is 10.9 Å². The van der Waals surface area contributed by atoms with Crippen LogP contribution in [0.3, 0.4) is 0 Å². The molecule has 1 fully saturated rings. The summed E-state index contributed by atoms with van der Waals surface area (Å²) in [5, 5.41) is 1.13. The van der Waals surface area contributed by atoms with E-state index in [4.69, 9.17) is 5.73 Å². The Bertz CT molecular complexity index is 631. The molecule has 0 aliphatic carbocycles. The van der Waals surface area contributed by atoms with Gasteiger partial charge < -0.3 is 10.6 Å². The van der Waals surface area contributed by atoms with Gasteiger partial charge in [0.2, 0.25) is 0 Å². The number of nitrogens with two attached hydrogens (primary N) is 1. The monoisotopic (exact) mass is 319 g/mol. The minimum atomic E-state index is 0.355. The minimum absolute atomic E-state index is 0.355. The van der Waals surface area contributed by atoms with Gasteiger partial charge >= 0.3 is 0 Å². The fourth-order valence-corrected chi connectivity index (χ4v) is 3.18. The largest absolute Gasteiger partial charge is 0.396 e. The van der Waals surface area contributed by atoms with Gasteiger partial charge in [0.25, 0.3) is 0 Å². The van der Waals surface area contributed by atoms with Crippen molar-refractivity contribution in [3.63, 3.8) is 0 Å². The molecule has 4 heteroatoms. The number of pyridine rings is 1. The van der Waals surface area contributed by atoms with E-state index in [1.54, 1.807) is 6.20 Å². The summed E-state index contributed by atoms with van der Waals surface area (Å²) in [6.07, 6.45) is 2.97. The van der Waals surface area contributed by atoms with Crippen molar-refractivity contribution in [3.8, 4) is 0 Å². The maximum absolute atomic E-state index is 6.19. The molecule has 2 heterocycles. The minimum Gasteiger partial charge on any atom is -0.396 e. The van der Waals surface area contributed by atoms with E-state index in [2.05, 4.69) is 45.7 Å². The molecular formula is C15H18BrN3. The lowest BCUT2D eigenvalue weighted by molar-refractivity contribution is 0.419. The second kappa shape index (κ2) is 4.37. The molecule has 1 aromatic carbocycles. The van der Waals surface area contributed by atoms with Crippen molar-refractivity contribution < 1.29 is 0 Å². The number of hydrogen-bond donors (Lipinski definition) is 1. The first-order chi connectivity index (χ1) is 8.96. The van der Waals surface area contributed by atoms with Gasteiger partial charge in [0, 0.05) is 22.9 Å². The van der Waals surface area contributed by atoms with E-state index in [0.717, 1.165) is 39.8 Å². The molecule has 0 saturated carbocycles. The Balaban J connectivity index is 2.17. The summed E-state index contributed by atoms with van der Waals surface area (Å²) < 4.78 is 1.06. The summed E-state index contributed by atoms with van der Waals surface area (Å²) in [5.74, 6) is 0. The highest BCUT2D eigenvalue weighted by Crippen LogP contribution is 2.39. The van der Waals surface area contributed by atoms with E-state index < -0.39 is 0 Å². The van der Waals surface area contributed by atoms with Crippen LogP contribution in [0.2, 0.25) is 0 Å². The summed E-state index contributed by atoms with van der Waals surface area (Å²) in [4.78, 5) is 6.81. The molecule has 19 heavy (non-hydrogen) atoms. The van der Waals surface area contributed by atoms with Crippen LogP contribution in [0.4, 0.5) is 11.4 Å². The molecule has 3 nitrogen and oxygen atoms in total. The maximum Gasteiger partial charge on any atom is 0.0745 e. The average molecular weight is 320 g/mol. The molecule has 0 radical (unpaired) electrons. The Morgan fingerprint density at radius 3 is 2.84 bits per heavy atom. The molecule has 3 rings (SSSR count). The lowest BCUT2D eigenvalue weighted by Crippen LogP contribution is -2.24. The molecule has 2 N–H and O–H groups in total. The van der Waals surface area contributed by atoms with Crippen LogP contribution in [-0.2, 0) is 0 Å². The van der Waals surface area contributed by atoms with Gasteiger partial charge in [-0.05, 0) is 30.0 Å². The Hall–Kier alpha value is -1.29. The summed E-state index contributed by atoms with van der Waals surface area (Å²) >= 11 is 3.54. The zero-order valence-electron chi connectivity index (χ0n) is 11.3. The molecule has 1 aliphatic rings. The maximum atomic E-state index is 6.19.